The fourth-order valence-electron chi connectivity index (χ4n) is 4.22. The van der Waals surface area contributed by atoms with Gasteiger partial charge >= 0.3 is 0 Å². The van der Waals surface area contributed by atoms with Gasteiger partial charge in [0.05, 0.1) is 27.3 Å². The van der Waals surface area contributed by atoms with Crippen LogP contribution in [0.15, 0.2) is 82.6 Å². The van der Waals surface area contributed by atoms with Crippen molar-refractivity contribution in [3.05, 3.63) is 98.7 Å². The lowest BCUT2D eigenvalue weighted by molar-refractivity contribution is -0.136. The van der Waals surface area contributed by atoms with Crippen LogP contribution in [0.4, 0.5) is 5.69 Å². The number of thiophene rings is 1. The van der Waals surface area contributed by atoms with E-state index in [-0.39, 0.29) is 12.2 Å². The SMILES string of the molecule is O=C(C[C@]1(O)C(=O)N(Cc2cccc3ccccc23)c2ccccc21)c1ccc(Br)s1. The fraction of sp³-hybridized carbons (Fsp3) is 0.120. The summed E-state index contributed by atoms with van der Waals surface area (Å²) in [6.45, 7) is 0.318. The number of amides is 1. The van der Waals surface area contributed by atoms with Crippen molar-refractivity contribution in [1.29, 1.82) is 0 Å². The third kappa shape index (κ3) is 3.41. The molecule has 2 heterocycles. The van der Waals surface area contributed by atoms with E-state index in [2.05, 4.69) is 15.9 Å². The van der Waals surface area contributed by atoms with Gasteiger partial charge in [-0.3, -0.25) is 9.59 Å². The molecule has 0 aliphatic carbocycles. The van der Waals surface area contributed by atoms with Crippen LogP contribution in [0.1, 0.15) is 27.2 Å². The van der Waals surface area contributed by atoms with Crippen molar-refractivity contribution in [2.45, 2.75) is 18.6 Å². The van der Waals surface area contributed by atoms with Crippen LogP contribution in [0.2, 0.25) is 0 Å². The summed E-state index contributed by atoms with van der Waals surface area (Å²) in [5, 5.41) is 13.6. The summed E-state index contributed by atoms with van der Waals surface area (Å²) in [4.78, 5) is 28.5. The maximum atomic E-state index is 13.5. The van der Waals surface area contributed by atoms with Gasteiger partial charge in [0, 0.05) is 5.56 Å². The number of ketones is 1. The van der Waals surface area contributed by atoms with Crippen molar-refractivity contribution in [3.63, 3.8) is 0 Å². The Hall–Kier alpha value is -2.80. The quantitative estimate of drug-likeness (QED) is 0.365. The summed E-state index contributed by atoms with van der Waals surface area (Å²) in [5.41, 5.74) is 0.223. The summed E-state index contributed by atoms with van der Waals surface area (Å²) in [7, 11) is 0. The first-order chi connectivity index (χ1) is 15.0. The van der Waals surface area contributed by atoms with E-state index in [1.54, 1.807) is 29.2 Å². The van der Waals surface area contributed by atoms with Gasteiger partial charge in [-0.15, -0.1) is 11.3 Å². The molecule has 1 amide bonds. The molecule has 0 radical (unpaired) electrons. The first-order valence-electron chi connectivity index (χ1n) is 9.86. The number of nitrogens with zero attached hydrogens (tertiary/aromatic N) is 1. The van der Waals surface area contributed by atoms with E-state index in [1.807, 2.05) is 54.6 Å². The predicted octanol–water partition coefficient (Wildman–Crippen LogP) is 5.67. The summed E-state index contributed by atoms with van der Waals surface area (Å²) < 4.78 is 0.832. The number of rotatable bonds is 5. The zero-order valence-electron chi connectivity index (χ0n) is 16.4. The van der Waals surface area contributed by atoms with Crippen molar-refractivity contribution < 1.29 is 14.7 Å². The molecule has 0 fully saturated rings. The Labute approximate surface area is 191 Å². The maximum Gasteiger partial charge on any atom is 0.264 e. The molecule has 0 saturated heterocycles. The minimum atomic E-state index is -1.88. The van der Waals surface area contributed by atoms with Gasteiger partial charge in [0.2, 0.25) is 0 Å². The van der Waals surface area contributed by atoms with Crippen molar-refractivity contribution >= 4 is 55.4 Å². The summed E-state index contributed by atoms with van der Waals surface area (Å²) in [5.74, 6) is -0.723. The highest BCUT2D eigenvalue weighted by Gasteiger charge is 2.50. The van der Waals surface area contributed by atoms with Gasteiger partial charge < -0.3 is 10.0 Å². The normalized spacial score (nSPS) is 17.9. The summed E-state index contributed by atoms with van der Waals surface area (Å²) >= 11 is 4.66. The minimum Gasteiger partial charge on any atom is -0.375 e. The average Bonchev–Trinajstić information content (AvgIpc) is 3.30. The molecule has 154 valence electrons. The fourth-order valence-corrected chi connectivity index (χ4v) is 5.54. The number of carbonyl (C=O) groups excluding carboxylic acids is 2. The van der Waals surface area contributed by atoms with Crippen molar-refractivity contribution in [3.8, 4) is 0 Å². The monoisotopic (exact) mass is 491 g/mol. The maximum absolute atomic E-state index is 13.5. The number of Topliss-reactive ketones (excluding diaryl/α,β-unsaturated/α-hetero) is 1. The molecule has 6 heteroatoms. The number of hydrogen-bond donors (Lipinski definition) is 1. The van der Waals surface area contributed by atoms with Crippen molar-refractivity contribution in [2.24, 2.45) is 0 Å². The van der Waals surface area contributed by atoms with Gasteiger partial charge in [-0.25, -0.2) is 0 Å². The van der Waals surface area contributed by atoms with Crippen LogP contribution in [0.3, 0.4) is 0 Å². The number of benzene rings is 3. The summed E-state index contributed by atoms with van der Waals surface area (Å²) in [6.07, 6.45) is -0.290. The van der Waals surface area contributed by atoms with Gasteiger partial charge in [0.1, 0.15) is 0 Å². The highest BCUT2D eigenvalue weighted by molar-refractivity contribution is 9.11. The number of fused-ring (bicyclic) bond motifs is 2. The second-order valence-corrected chi connectivity index (χ2v) is 10.1. The number of halogens is 1. The highest BCUT2D eigenvalue weighted by atomic mass is 79.9. The molecule has 1 aliphatic rings. The van der Waals surface area contributed by atoms with E-state index in [0.29, 0.717) is 22.7 Å². The second kappa shape index (κ2) is 7.71. The molecule has 3 aromatic carbocycles. The lowest BCUT2D eigenvalue weighted by Gasteiger charge is -2.23. The van der Waals surface area contributed by atoms with E-state index in [1.165, 1.54) is 11.3 Å². The van der Waals surface area contributed by atoms with E-state index in [9.17, 15) is 14.7 Å². The van der Waals surface area contributed by atoms with Crippen LogP contribution >= 0.6 is 27.3 Å². The number of anilines is 1. The third-order valence-electron chi connectivity index (χ3n) is 5.71. The van der Waals surface area contributed by atoms with E-state index in [0.717, 1.165) is 20.1 Å². The lowest BCUT2D eigenvalue weighted by Crippen LogP contribution is -2.41. The molecule has 5 rings (SSSR count). The van der Waals surface area contributed by atoms with Crippen LogP contribution in [0, 0.1) is 0 Å². The molecule has 1 atom stereocenters. The Kier molecular flexibility index (Phi) is 5.01. The van der Waals surface area contributed by atoms with E-state index < -0.39 is 11.5 Å². The standard InChI is InChI=1S/C25H18BrNO3S/c26-23-13-12-22(31-23)21(28)14-25(30)19-10-3-4-11-20(19)27(24(25)29)15-17-8-5-7-16-6-1-2-9-18(16)17/h1-13,30H,14-15H2/t25-/m1/s1. The van der Waals surface area contributed by atoms with E-state index in [4.69, 9.17) is 0 Å². The highest BCUT2D eigenvalue weighted by Crippen LogP contribution is 2.44. The zero-order chi connectivity index (χ0) is 21.6. The van der Waals surface area contributed by atoms with Crippen molar-refractivity contribution in [1.82, 2.24) is 0 Å². The first kappa shape index (κ1) is 20.1. The molecule has 0 spiro atoms. The number of para-hydroxylation sites is 1. The Bertz CT molecular complexity index is 1330. The van der Waals surface area contributed by atoms with Crippen LogP contribution in [-0.2, 0) is 16.9 Å². The second-order valence-electron chi connectivity index (χ2n) is 7.61. The number of aliphatic hydroxyl groups is 1. The molecule has 1 aromatic heterocycles. The van der Waals surface area contributed by atoms with Crippen LogP contribution in [0.5, 0.6) is 0 Å². The number of carbonyl (C=O) groups is 2. The first-order valence-corrected chi connectivity index (χ1v) is 11.5. The summed E-state index contributed by atoms with van der Waals surface area (Å²) in [6, 6.07) is 24.7. The Morgan fingerprint density at radius 3 is 2.52 bits per heavy atom. The minimum absolute atomic E-state index is 0.256. The molecule has 31 heavy (non-hydrogen) atoms. The molecule has 0 unspecified atom stereocenters. The van der Waals surface area contributed by atoms with Gasteiger partial charge in [-0.05, 0) is 50.5 Å². The average molecular weight is 492 g/mol. The Morgan fingerprint density at radius 1 is 0.968 bits per heavy atom. The van der Waals surface area contributed by atoms with Crippen LogP contribution in [-0.4, -0.2) is 16.8 Å². The third-order valence-corrected chi connectivity index (χ3v) is 7.38. The molecule has 1 aliphatic heterocycles. The smallest absolute Gasteiger partial charge is 0.264 e. The molecule has 0 saturated carbocycles. The van der Waals surface area contributed by atoms with Crippen LogP contribution < -0.4 is 4.90 Å². The predicted molar refractivity (Wildman–Crippen MR) is 126 cm³/mol. The molecule has 4 nitrogen and oxygen atoms in total. The largest absolute Gasteiger partial charge is 0.375 e. The zero-order valence-corrected chi connectivity index (χ0v) is 18.8. The number of hydrogen-bond acceptors (Lipinski definition) is 4. The topological polar surface area (TPSA) is 57.6 Å². The van der Waals surface area contributed by atoms with Crippen LogP contribution in [0.25, 0.3) is 10.8 Å². The van der Waals surface area contributed by atoms with Gasteiger partial charge in [-0.1, -0.05) is 60.7 Å². The Balaban J connectivity index is 1.53. The molecule has 0 bridgehead atoms. The molecular weight excluding hydrogens is 474 g/mol. The lowest BCUT2D eigenvalue weighted by atomic mass is 9.89. The van der Waals surface area contributed by atoms with Gasteiger partial charge in [0.25, 0.3) is 5.91 Å². The van der Waals surface area contributed by atoms with Gasteiger partial charge in [-0.2, -0.15) is 0 Å². The van der Waals surface area contributed by atoms with E-state index >= 15 is 0 Å². The van der Waals surface area contributed by atoms with Gasteiger partial charge in [0.15, 0.2) is 11.4 Å². The molecule has 1 N–H and O–H groups in total. The molecular formula is C25H18BrNO3S. The Morgan fingerprint density at radius 2 is 1.71 bits per heavy atom. The van der Waals surface area contributed by atoms with Crippen molar-refractivity contribution in [2.75, 3.05) is 4.90 Å². The molecule has 4 aromatic rings.